The molecule has 282 valence electrons. The molecule has 13 nitrogen and oxygen atoms in total. The van der Waals surface area contributed by atoms with Crippen molar-refractivity contribution in [1.82, 2.24) is 4.98 Å². The molecule has 9 atom stereocenters. The number of aliphatic hydroxyl groups is 5. The van der Waals surface area contributed by atoms with Crippen molar-refractivity contribution in [3.63, 3.8) is 0 Å². The summed E-state index contributed by atoms with van der Waals surface area (Å²) < 4.78 is 24.6. The summed E-state index contributed by atoms with van der Waals surface area (Å²) in [5, 5.41) is 67.8. The highest BCUT2D eigenvalue weighted by Crippen LogP contribution is 2.57. The van der Waals surface area contributed by atoms with E-state index in [-0.39, 0.29) is 43.8 Å². The van der Waals surface area contributed by atoms with E-state index in [0.29, 0.717) is 29.0 Å². The highest BCUT2D eigenvalue weighted by molar-refractivity contribution is 5.90. The van der Waals surface area contributed by atoms with Crippen LogP contribution in [0.5, 0.6) is 0 Å². The molecule has 0 aromatic carbocycles. The summed E-state index contributed by atoms with van der Waals surface area (Å²) in [7, 11) is 1.20. The lowest BCUT2D eigenvalue weighted by atomic mass is 9.61. The summed E-state index contributed by atoms with van der Waals surface area (Å²) in [5.74, 6) is -4.79. The summed E-state index contributed by atoms with van der Waals surface area (Å²) in [6, 6.07) is 2.04. The van der Waals surface area contributed by atoms with Crippen molar-refractivity contribution in [2.24, 2.45) is 17.8 Å². The van der Waals surface area contributed by atoms with Crippen molar-refractivity contribution in [3.05, 3.63) is 46.6 Å². The number of carboxylic acid groups (broad SMARTS) is 1. The lowest BCUT2D eigenvalue weighted by Gasteiger charge is -2.64. The number of carboxylic acids is 1. The first-order valence-electron chi connectivity index (χ1n) is 18.3. The third kappa shape index (κ3) is 6.08. The Kier molecular flexibility index (Phi) is 10.9. The topological polar surface area (TPSA) is 207 Å². The molecule has 6 N–H and O–H groups in total. The summed E-state index contributed by atoms with van der Waals surface area (Å²) in [6.45, 7) is 4.32. The average Bonchev–Trinajstić information content (AvgIpc) is 3.58. The summed E-state index contributed by atoms with van der Waals surface area (Å²) >= 11 is 0. The smallest absolute Gasteiger partial charge is 0.333 e. The Morgan fingerprint density at radius 3 is 2.57 bits per heavy atom. The predicted octanol–water partition coefficient (Wildman–Crippen LogP) is 0.875. The number of fused-ring (bicyclic) bond motifs is 2. The lowest BCUT2D eigenvalue weighted by molar-refractivity contribution is -0.434. The number of aromatic nitrogens is 1. The number of rotatable bonds is 13. The van der Waals surface area contributed by atoms with Crippen LogP contribution in [-0.2, 0) is 28.5 Å². The van der Waals surface area contributed by atoms with Gasteiger partial charge in [-0.05, 0) is 61.2 Å². The number of esters is 1. The van der Waals surface area contributed by atoms with Gasteiger partial charge in [-0.3, -0.25) is 4.79 Å². The Labute approximate surface area is 297 Å². The van der Waals surface area contributed by atoms with Crippen molar-refractivity contribution in [2.45, 2.75) is 119 Å². The standard InChI is InChI=1S/C38H52NO12/c1-4-23-25(18-32(43)44)24(34(45)48-3)12-13-29(23)49-37(20-42)36(47)15-14-27-26-17-28(21(2)22-9-6-5-7-10-22)39-33(26)30(11-8-16-40)50-38(27,35(36)46)31(19-41)51-37/h4,12,17,21-23,25,29,31,35,40-42,46-47H,1,5-11,13-16,18-20H2,2-3H3,(H,43,44)/q-1/t21-,23-,25+,29-,31-,35-,36-,37-,38-/m1/s1. The van der Waals surface area contributed by atoms with E-state index in [4.69, 9.17) is 23.9 Å². The Morgan fingerprint density at radius 1 is 1.20 bits per heavy atom. The minimum atomic E-state index is -2.30. The fraction of sp³-hybridized carbons (Fsp3) is 0.684. The fourth-order valence-corrected chi connectivity index (χ4v) is 9.54. The average molecular weight is 715 g/mol. The summed E-state index contributed by atoms with van der Waals surface area (Å²) in [6.07, 6.45) is 5.01. The number of aliphatic hydroxyl groups excluding tert-OH is 4. The fourth-order valence-electron chi connectivity index (χ4n) is 9.54. The Hall–Kier alpha value is -3.04. The maximum atomic E-state index is 12.6. The van der Waals surface area contributed by atoms with Crippen LogP contribution in [0.1, 0.15) is 89.2 Å². The molecule has 2 aliphatic heterocycles. The van der Waals surface area contributed by atoms with Gasteiger partial charge in [-0.2, -0.15) is 5.69 Å². The second kappa shape index (κ2) is 14.8. The largest absolute Gasteiger partial charge is 0.658 e. The van der Waals surface area contributed by atoms with Gasteiger partial charge in [-0.1, -0.05) is 49.8 Å². The van der Waals surface area contributed by atoms with E-state index in [2.05, 4.69) is 13.5 Å². The third-order valence-corrected chi connectivity index (χ3v) is 12.3. The lowest BCUT2D eigenvalue weighted by Crippen LogP contribution is -2.83. The number of carbonyl (C=O) groups excluding carboxylic acids is 1. The quantitative estimate of drug-likeness (QED) is 0.124. The van der Waals surface area contributed by atoms with Gasteiger partial charge in [0.15, 0.2) is 11.2 Å². The van der Waals surface area contributed by atoms with E-state index in [1.165, 1.54) is 38.5 Å². The van der Waals surface area contributed by atoms with E-state index in [9.17, 15) is 40.2 Å². The van der Waals surface area contributed by atoms with E-state index in [0.717, 1.165) is 23.8 Å². The van der Waals surface area contributed by atoms with Crippen LogP contribution in [0.3, 0.4) is 0 Å². The van der Waals surface area contributed by atoms with Gasteiger partial charge in [0.2, 0.25) is 5.79 Å². The molecule has 0 amide bonds. The number of carbonyl (C=O) groups is 2. The summed E-state index contributed by atoms with van der Waals surface area (Å²) in [4.78, 5) is 29.6. The Balaban J connectivity index is 1.42. The molecule has 5 aliphatic rings. The van der Waals surface area contributed by atoms with Crippen LogP contribution in [0.2, 0.25) is 0 Å². The van der Waals surface area contributed by atoms with Gasteiger partial charge in [0.25, 0.3) is 0 Å². The minimum absolute atomic E-state index is 0.0426. The van der Waals surface area contributed by atoms with Crippen LogP contribution in [-0.4, -0.2) is 105 Å². The zero-order valence-corrected chi connectivity index (χ0v) is 29.5. The third-order valence-electron chi connectivity index (χ3n) is 12.3. The highest BCUT2D eigenvalue weighted by Gasteiger charge is 2.75. The van der Waals surface area contributed by atoms with Crippen LogP contribution < -0.4 is 15.6 Å². The van der Waals surface area contributed by atoms with Crippen molar-refractivity contribution >= 4 is 23.3 Å². The van der Waals surface area contributed by atoms with Crippen molar-refractivity contribution in [3.8, 4) is 0 Å². The first-order chi connectivity index (χ1) is 24.4. The van der Waals surface area contributed by atoms with Gasteiger partial charge in [0.05, 0.1) is 32.0 Å². The maximum Gasteiger partial charge on any atom is 0.333 e. The number of nitrogens with zero attached hydrogens (tertiary/aromatic N) is 1. The minimum Gasteiger partial charge on any atom is -0.658 e. The van der Waals surface area contributed by atoms with E-state index >= 15 is 0 Å². The normalized spacial score (nSPS) is 35.6. The summed E-state index contributed by atoms with van der Waals surface area (Å²) in [5.41, 5.74) is -2.39. The zero-order valence-electron chi connectivity index (χ0n) is 29.5. The molecule has 2 saturated carbocycles. The second-order valence-corrected chi connectivity index (χ2v) is 14.8. The van der Waals surface area contributed by atoms with Gasteiger partial charge in [-0.15, -0.1) is 6.58 Å². The van der Waals surface area contributed by atoms with Crippen molar-refractivity contribution < 1.29 is 59.2 Å². The molecule has 3 heterocycles. The highest BCUT2D eigenvalue weighted by atomic mass is 16.7. The van der Waals surface area contributed by atoms with E-state index in [1.54, 1.807) is 0 Å². The van der Waals surface area contributed by atoms with Gasteiger partial charge in [0, 0.05) is 30.4 Å². The van der Waals surface area contributed by atoms with Gasteiger partial charge >= 0.3 is 11.9 Å². The van der Waals surface area contributed by atoms with Crippen LogP contribution in [0.15, 0.2) is 30.4 Å². The van der Waals surface area contributed by atoms with Crippen LogP contribution in [0.25, 0.3) is 11.3 Å². The number of methoxy groups -OCH3 is 1. The number of hydrogen-bond acceptors (Lipinski definition) is 11. The van der Waals surface area contributed by atoms with E-state index in [1.807, 2.05) is 6.07 Å². The molecule has 51 heavy (non-hydrogen) atoms. The molecule has 0 radical (unpaired) electrons. The van der Waals surface area contributed by atoms with E-state index < -0.39 is 78.7 Å². The van der Waals surface area contributed by atoms with Gasteiger partial charge in [0.1, 0.15) is 18.8 Å². The van der Waals surface area contributed by atoms with Crippen molar-refractivity contribution in [1.29, 1.82) is 0 Å². The number of aliphatic carboxylic acids is 1. The van der Waals surface area contributed by atoms with Crippen molar-refractivity contribution in [2.75, 3.05) is 26.9 Å². The van der Waals surface area contributed by atoms with Crippen LogP contribution in [0.4, 0.5) is 0 Å². The number of hydrogen-bond donors (Lipinski definition) is 6. The number of ether oxygens (including phenoxy) is 4. The predicted molar refractivity (Wildman–Crippen MR) is 182 cm³/mol. The monoisotopic (exact) mass is 714 g/mol. The van der Waals surface area contributed by atoms with Gasteiger partial charge < -0.3 is 54.6 Å². The second-order valence-electron chi connectivity index (χ2n) is 14.8. The molecule has 2 bridgehead atoms. The molecular formula is C38H52NO12-. The van der Waals surface area contributed by atoms with Crippen LogP contribution >= 0.6 is 0 Å². The first kappa shape index (κ1) is 37.7. The molecule has 3 aliphatic carbocycles. The SMILES string of the molecule is C=C[C@@H]1[C@H](CC(=O)O)C(C(=O)OC)=CC[C@H]1O[C@]1(CO)O[C@H](CO)[C@]23OC(CCCO)=c4[n-]c([C@H](C)C5CCCCC5)cc4=C2CC[C@@]1(O)[C@H]3O. The Bertz CT molecular complexity index is 1650. The van der Waals surface area contributed by atoms with Gasteiger partial charge in [-0.25, -0.2) is 4.79 Å². The molecule has 1 aromatic heterocycles. The molecule has 1 spiro atoms. The van der Waals surface area contributed by atoms with Crippen LogP contribution in [0, 0.1) is 17.8 Å². The molecular weight excluding hydrogens is 662 g/mol. The molecule has 1 aromatic rings. The molecule has 3 fully saturated rings. The molecule has 13 heteroatoms. The first-order valence-corrected chi connectivity index (χ1v) is 18.3. The molecule has 1 saturated heterocycles. The molecule has 0 unspecified atom stereocenters. The maximum absolute atomic E-state index is 12.6. The zero-order chi connectivity index (χ0) is 36.7. The molecule has 6 rings (SSSR count). The Morgan fingerprint density at radius 2 is 1.94 bits per heavy atom.